The molecule has 14 heavy (non-hydrogen) atoms. The molecule has 0 heterocycles. The summed E-state index contributed by atoms with van der Waals surface area (Å²) < 4.78 is 0. The van der Waals surface area contributed by atoms with E-state index in [1.165, 1.54) is 16.7 Å². The fourth-order valence-electron chi connectivity index (χ4n) is 1.55. The smallest absolute Gasteiger partial charge is 0.00398 e. The first kappa shape index (κ1) is 11.6. The average Bonchev–Trinajstić information content (AvgIpc) is 2.15. The van der Waals surface area contributed by atoms with Crippen molar-refractivity contribution in [2.75, 3.05) is 18.8 Å². The van der Waals surface area contributed by atoms with Crippen LogP contribution in [0.15, 0.2) is 18.2 Å². The van der Waals surface area contributed by atoms with E-state index in [0.717, 1.165) is 25.3 Å². The Bertz CT molecular complexity index is 284. The zero-order valence-electron chi connectivity index (χ0n) is 9.01. The van der Waals surface area contributed by atoms with Crippen LogP contribution < -0.4 is 5.32 Å². The Balaban J connectivity index is 2.42. The minimum absolute atomic E-state index is 0.910. The van der Waals surface area contributed by atoms with Gasteiger partial charge in [0.25, 0.3) is 0 Å². The van der Waals surface area contributed by atoms with Crippen LogP contribution in [0.25, 0.3) is 0 Å². The Kier molecular flexibility index (Phi) is 5.05. The molecule has 0 atom stereocenters. The van der Waals surface area contributed by atoms with Gasteiger partial charge in [0.2, 0.25) is 0 Å². The van der Waals surface area contributed by atoms with E-state index in [1.807, 2.05) is 0 Å². The summed E-state index contributed by atoms with van der Waals surface area (Å²) in [5.41, 5.74) is 4.19. The van der Waals surface area contributed by atoms with Crippen LogP contribution >= 0.6 is 12.6 Å². The molecule has 2 heteroatoms. The summed E-state index contributed by atoms with van der Waals surface area (Å²) >= 11 is 4.15. The number of thiol groups is 1. The Morgan fingerprint density at radius 2 is 2.00 bits per heavy atom. The van der Waals surface area contributed by atoms with Crippen LogP contribution in [0.1, 0.15) is 16.7 Å². The van der Waals surface area contributed by atoms with Gasteiger partial charge in [0, 0.05) is 12.3 Å². The van der Waals surface area contributed by atoms with Gasteiger partial charge in [-0.3, -0.25) is 0 Å². The second-order valence-electron chi connectivity index (χ2n) is 3.65. The van der Waals surface area contributed by atoms with Gasteiger partial charge in [-0.05, 0) is 37.9 Å². The average molecular weight is 209 g/mol. The molecule has 1 rings (SSSR count). The number of rotatable bonds is 5. The quantitative estimate of drug-likeness (QED) is 0.560. The van der Waals surface area contributed by atoms with Gasteiger partial charge in [-0.25, -0.2) is 0 Å². The number of benzene rings is 1. The molecule has 0 aliphatic heterocycles. The molecule has 0 aliphatic carbocycles. The van der Waals surface area contributed by atoms with Gasteiger partial charge in [0.05, 0.1) is 0 Å². The summed E-state index contributed by atoms with van der Waals surface area (Å²) in [7, 11) is 0. The molecule has 1 aromatic carbocycles. The third-order valence-electron chi connectivity index (χ3n) is 2.36. The summed E-state index contributed by atoms with van der Waals surface area (Å²) in [6.07, 6.45) is 1.11. The zero-order valence-corrected chi connectivity index (χ0v) is 9.90. The van der Waals surface area contributed by atoms with Crippen LogP contribution in [0.5, 0.6) is 0 Å². The van der Waals surface area contributed by atoms with E-state index in [2.05, 4.69) is 50.0 Å². The largest absolute Gasteiger partial charge is 0.316 e. The molecule has 1 N–H and O–H groups in total. The fraction of sp³-hybridized carbons (Fsp3) is 0.500. The van der Waals surface area contributed by atoms with Crippen molar-refractivity contribution in [3.63, 3.8) is 0 Å². The molecule has 1 nitrogen and oxygen atoms in total. The Morgan fingerprint density at radius 1 is 1.21 bits per heavy atom. The van der Waals surface area contributed by atoms with E-state index in [0.29, 0.717) is 0 Å². The van der Waals surface area contributed by atoms with Crippen molar-refractivity contribution in [3.8, 4) is 0 Å². The highest BCUT2D eigenvalue weighted by Gasteiger charge is 1.97. The van der Waals surface area contributed by atoms with Crippen molar-refractivity contribution in [2.24, 2.45) is 0 Å². The highest BCUT2D eigenvalue weighted by molar-refractivity contribution is 7.80. The first-order chi connectivity index (χ1) is 6.74. The minimum atomic E-state index is 0.910. The van der Waals surface area contributed by atoms with Gasteiger partial charge in [0.15, 0.2) is 0 Å². The SMILES string of the molecule is Cc1ccc(CCNCCS)c(C)c1. The summed E-state index contributed by atoms with van der Waals surface area (Å²) in [6.45, 7) is 6.36. The third-order valence-corrected chi connectivity index (χ3v) is 2.58. The summed E-state index contributed by atoms with van der Waals surface area (Å²) in [5, 5.41) is 3.35. The first-order valence-electron chi connectivity index (χ1n) is 5.11. The summed E-state index contributed by atoms with van der Waals surface area (Å²) in [5.74, 6) is 0.910. The van der Waals surface area contributed by atoms with Crippen LogP contribution in [0.2, 0.25) is 0 Å². The molecule has 0 radical (unpaired) electrons. The normalized spacial score (nSPS) is 10.5. The molecule has 0 aromatic heterocycles. The predicted molar refractivity (Wildman–Crippen MR) is 66.3 cm³/mol. The van der Waals surface area contributed by atoms with Crippen LogP contribution in [0.3, 0.4) is 0 Å². The van der Waals surface area contributed by atoms with E-state index < -0.39 is 0 Å². The van der Waals surface area contributed by atoms with Crippen molar-refractivity contribution in [2.45, 2.75) is 20.3 Å². The highest BCUT2D eigenvalue weighted by atomic mass is 32.1. The fourth-order valence-corrected chi connectivity index (χ4v) is 1.71. The Hall–Kier alpha value is -0.470. The minimum Gasteiger partial charge on any atom is -0.316 e. The van der Waals surface area contributed by atoms with E-state index in [4.69, 9.17) is 0 Å². The second-order valence-corrected chi connectivity index (χ2v) is 4.10. The maximum Gasteiger partial charge on any atom is 0.00398 e. The zero-order chi connectivity index (χ0) is 10.4. The molecule has 78 valence electrons. The number of nitrogens with one attached hydrogen (secondary N) is 1. The van der Waals surface area contributed by atoms with E-state index in [-0.39, 0.29) is 0 Å². The maximum absolute atomic E-state index is 4.15. The number of hydrogen-bond donors (Lipinski definition) is 2. The number of aryl methyl sites for hydroxylation is 2. The van der Waals surface area contributed by atoms with Crippen LogP contribution in [0, 0.1) is 13.8 Å². The summed E-state index contributed by atoms with van der Waals surface area (Å²) in [6, 6.07) is 6.65. The lowest BCUT2D eigenvalue weighted by atomic mass is 10.0. The van der Waals surface area contributed by atoms with Crippen molar-refractivity contribution in [1.29, 1.82) is 0 Å². The lowest BCUT2D eigenvalue weighted by Gasteiger charge is -2.07. The van der Waals surface area contributed by atoms with Crippen LogP contribution in [-0.4, -0.2) is 18.8 Å². The van der Waals surface area contributed by atoms with Gasteiger partial charge in [-0.15, -0.1) is 0 Å². The Morgan fingerprint density at radius 3 is 2.64 bits per heavy atom. The van der Waals surface area contributed by atoms with Crippen molar-refractivity contribution in [3.05, 3.63) is 34.9 Å². The van der Waals surface area contributed by atoms with Crippen molar-refractivity contribution >= 4 is 12.6 Å². The molecule has 0 saturated heterocycles. The second kappa shape index (κ2) is 6.10. The molecule has 0 aliphatic rings. The highest BCUT2D eigenvalue weighted by Crippen LogP contribution is 2.10. The van der Waals surface area contributed by atoms with E-state index >= 15 is 0 Å². The van der Waals surface area contributed by atoms with Gasteiger partial charge in [0.1, 0.15) is 0 Å². The van der Waals surface area contributed by atoms with Crippen molar-refractivity contribution in [1.82, 2.24) is 5.32 Å². The Labute approximate surface area is 92.3 Å². The maximum atomic E-state index is 4.15. The predicted octanol–water partition coefficient (Wildman–Crippen LogP) is 2.37. The topological polar surface area (TPSA) is 12.0 Å². The number of hydrogen-bond acceptors (Lipinski definition) is 2. The van der Waals surface area contributed by atoms with E-state index in [1.54, 1.807) is 0 Å². The van der Waals surface area contributed by atoms with Crippen LogP contribution in [-0.2, 0) is 6.42 Å². The molecular formula is C12H19NS. The van der Waals surface area contributed by atoms with Gasteiger partial charge < -0.3 is 5.32 Å². The summed E-state index contributed by atoms with van der Waals surface area (Å²) in [4.78, 5) is 0. The standard InChI is InChI=1S/C12H19NS/c1-10-3-4-12(11(2)9-10)5-6-13-7-8-14/h3-4,9,13-14H,5-8H2,1-2H3. The molecule has 0 bridgehead atoms. The van der Waals surface area contributed by atoms with Gasteiger partial charge in [-0.1, -0.05) is 23.8 Å². The molecule has 0 amide bonds. The molecule has 0 spiro atoms. The molecular weight excluding hydrogens is 190 g/mol. The molecule has 0 saturated carbocycles. The lowest BCUT2D eigenvalue weighted by Crippen LogP contribution is -2.19. The third kappa shape index (κ3) is 3.72. The van der Waals surface area contributed by atoms with Crippen LogP contribution in [0.4, 0.5) is 0 Å². The first-order valence-corrected chi connectivity index (χ1v) is 5.75. The lowest BCUT2D eigenvalue weighted by molar-refractivity contribution is 0.720. The monoisotopic (exact) mass is 209 g/mol. The molecule has 1 aromatic rings. The van der Waals surface area contributed by atoms with Gasteiger partial charge >= 0.3 is 0 Å². The van der Waals surface area contributed by atoms with Crippen molar-refractivity contribution < 1.29 is 0 Å². The molecule has 0 fully saturated rings. The van der Waals surface area contributed by atoms with Gasteiger partial charge in [-0.2, -0.15) is 12.6 Å². The molecule has 0 unspecified atom stereocenters. The van der Waals surface area contributed by atoms with E-state index in [9.17, 15) is 0 Å².